The molecule has 21 heavy (non-hydrogen) atoms. The molecule has 0 radical (unpaired) electrons. The van der Waals surface area contributed by atoms with Crippen molar-refractivity contribution in [2.75, 3.05) is 6.61 Å². The van der Waals surface area contributed by atoms with Crippen LogP contribution in [0.5, 0.6) is 5.75 Å². The third kappa shape index (κ3) is 2.73. The summed E-state index contributed by atoms with van der Waals surface area (Å²) in [6.07, 6.45) is 9.08. The van der Waals surface area contributed by atoms with E-state index in [1.165, 1.54) is 11.3 Å². The summed E-state index contributed by atoms with van der Waals surface area (Å²) in [5.41, 5.74) is 1.64. The highest BCUT2D eigenvalue weighted by molar-refractivity contribution is 7.15. The number of rotatable bonds is 4. The van der Waals surface area contributed by atoms with E-state index in [0.29, 0.717) is 12.4 Å². The van der Waals surface area contributed by atoms with Crippen LogP contribution in [0.25, 0.3) is 17.0 Å². The van der Waals surface area contributed by atoms with Gasteiger partial charge in [-0.1, -0.05) is 18.2 Å². The molecule has 3 heterocycles. The lowest BCUT2D eigenvalue weighted by Crippen LogP contribution is -2.16. The van der Waals surface area contributed by atoms with Gasteiger partial charge in [-0.2, -0.15) is 0 Å². The van der Waals surface area contributed by atoms with Gasteiger partial charge in [-0.3, -0.25) is 14.2 Å². The van der Waals surface area contributed by atoms with Crippen molar-refractivity contribution in [3.8, 4) is 5.75 Å². The fraction of sp³-hybridized carbons (Fsp3) is 0.125. The normalized spacial score (nSPS) is 11.3. The first-order chi connectivity index (χ1) is 10.3. The summed E-state index contributed by atoms with van der Waals surface area (Å²) in [6, 6.07) is 5.80. The second kappa shape index (κ2) is 5.93. The van der Waals surface area contributed by atoms with Crippen molar-refractivity contribution in [1.29, 1.82) is 0 Å². The highest BCUT2D eigenvalue weighted by Crippen LogP contribution is 2.21. The highest BCUT2D eigenvalue weighted by atomic mass is 32.1. The number of ether oxygens (including phenoxy) is 1. The van der Waals surface area contributed by atoms with Gasteiger partial charge in [-0.25, -0.2) is 0 Å². The van der Waals surface area contributed by atoms with Crippen LogP contribution in [0.2, 0.25) is 0 Å². The second-order valence-electron chi connectivity index (χ2n) is 4.40. The third-order valence-electron chi connectivity index (χ3n) is 3.02. The Labute approximate surface area is 126 Å². The predicted molar refractivity (Wildman–Crippen MR) is 85.9 cm³/mol. The summed E-state index contributed by atoms with van der Waals surface area (Å²) in [5.74, 6) is 0.383. The molecule has 0 aromatic carbocycles. The molecule has 5 heteroatoms. The molecule has 4 nitrogen and oxygen atoms in total. The van der Waals surface area contributed by atoms with E-state index in [0.717, 1.165) is 16.0 Å². The Morgan fingerprint density at radius 1 is 1.43 bits per heavy atom. The van der Waals surface area contributed by atoms with Gasteiger partial charge >= 0.3 is 0 Å². The Morgan fingerprint density at radius 3 is 3.10 bits per heavy atom. The first kappa shape index (κ1) is 13.6. The fourth-order valence-electron chi connectivity index (χ4n) is 2.07. The molecule has 0 fully saturated rings. The zero-order valence-electron chi connectivity index (χ0n) is 11.5. The molecule has 0 N–H and O–H groups in total. The van der Waals surface area contributed by atoms with E-state index in [2.05, 4.69) is 4.98 Å². The zero-order valence-corrected chi connectivity index (χ0v) is 12.3. The molecule has 0 atom stereocenters. The van der Waals surface area contributed by atoms with Crippen LogP contribution in [-0.4, -0.2) is 16.0 Å². The maximum atomic E-state index is 12.4. The number of hydrogen-bond donors (Lipinski definition) is 0. The lowest BCUT2D eigenvalue weighted by Gasteiger charge is -2.07. The van der Waals surface area contributed by atoms with Crippen LogP contribution in [0.1, 0.15) is 18.1 Å². The molecular weight excluding hydrogens is 284 g/mol. The van der Waals surface area contributed by atoms with Crippen molar-refractivity contribution in [3.05, 3.63) is 63.7 Å². The van der Waals surface area contributed by atoms with Gasteiger partial charge in [0.25, 0.3) is 5.56 Å². The van der Waals surface area contributed by atoms with Crippen molar-refractivity contribution >= 4 is 28.3 Å². The van der Waals surface area contributed by atoms with E-state index in [4.69, 9.17) is 4.74 Å². The molecule has 106 valence electrons. The molecule has 3 aromatic heterocycles. The largest absolute Gasteiger partial charge is 0.488 e. The Kier molecular flexibility index (Phi) is 3.83. The number of aromatic nitrogens is 2. The molecule has 0 saturated carbocycles. The Balaban J connectivity index is 2.10. The first-order valence-corrected chi connectivity index (χ1v) is 7.51. The van der Waals surface area contributed by atoms with Gasteiger partial charge in [0.15, 0.2) is 5.75 Å². The van der Waals surface area contributed by atoms with E-state index >= 15 is 0 Å². The molecule has 0 amide bonds. The third-order valence-corrected chi connectivity index (χ3v) is 3.83. The average Bonchev–Trinajstić information content (AvgIpc) is 2.98. The van der Waals surface area contributed by atoms with Gasteiger partial charge in [0, 0.05) is 29.5 Å². The summed E-state index contributed by atoms with van der Waals surface area (Å²) in [6.45, 7) is 2.33. The van der Waals surface area contributed by atoms with Gasteiger partial charge in [0.2, 0.25) is 0 Å². The summed E-state index contributed by atoms with van der Waals surface area (Å²) < 4.78 is 7.15. The van der Waals surface area contributed by atoms with Crippen molar-refractivity contribution in [1.82, 2.24) is 9.38 Å². The van der Waals surface area contributed by atoms with E-state index in [1.54, 1.807) is 23.0 Å². The quantitative estimate of drug-likeness (QED) is 0.742. The lowest BCUT2D eigenvalue weighted by atomic mass is 10.2. The van der Waals surface area contributed by atoms with E-state index < -0.39 is 0 Å². The second-order valence-corrected chi connectivity index (χ2v) is 5.32. The molecule has 0 aliphatic rings. The predicted octanol–water partition coefficient (Wildman–Crippen LogP) is 3.33. The minimum atomic E-state index is -0.124. The van der Waals surface area contributed by atoms with Gasteiger partial charge in [0.1, 0.15) is 4.83 Å². The van der Waals surface area contributed by atoms with Crippen molar-refractivity contribution in [2.45, 2.75) is 6.92 Å². The molecule has 0 saturated heterocycles. The maximum Gasteiger partial charge on any atom is 0.298 e. The van der Waals surface area contributed by atoms with Gasteiger partial charge in [-0.05, 0) is 24.6 Å². The molecule has 0 spiro atoms. The van der Waals surface area contributed by atoms with Crippen molar-refractivity contribution < 1.29 is 4.74 Å². The zero-order chi connectivity index (χ0) is 14.7. The Bertz CT molecular complexity index is 834. The molecule has 0 aliphatic heterocycles. The maximum absolute atomic E-state index is 12.4. The molecule has 3 rings (SSSR count). The number of pyridine rings is 2. The summed E-state index contributed by atoms with van der Waals surface area (Å²) >= 11 is 1.53. The van der Waals surface area contributed by atoms with Gasteiger partial charge in [0.05, 0.1) is 6.61 Å². The Hall–Kier alpha value is -2.40. The fourth-order valence-corrected chi connectivity index (χ4v) is 2.84. The van der Waals surface area contributed by atoms with E-state index in [-0.39, 0.29) is 5.56 Å². The summed E-state index contributed by atoms with van der Waals surface area (Å²) in [7, 11) is 0. The summed E-state index contributed by atoms with van der Waals surface area (Å²) in [4.78, 5) is 17.4. The van der Waals surface area contributed by atoms with Crippen molar-refractivity contribution in [2.24, 2.45) is 0 Å². The van der Waals surface area contributed by atoms with Crippen LogP contribution < -0.4 is 10.3 Å². The SMILES string of the molecule is CCOc1c(/C=C/c2cccnc2)cc2sccn2c1=O. The summed E-state index contributed by atoms with van der Waals surface area (Å²) in [5, 5.41) is 1.89. The molecule has 0 unspecified atom stereocenters. The van der Waals surface area contributed by atoms with Crippen LogP contribution in [0.15, 0.2) is 47.0 Å². The van der Waals surface area contributed by atoms with Crippen molar-refractivity contribution in [3.63, 3.8) is 0 Å². The highest BCUT2D eigenvalue weighted by Gasteiger charge is 2.10. The van der Waals surface area contributed by atoms with E-state index in [1.807, 2.05) is 42.7 Å². The van der Waals surface area contributed by atoms with Gasteiger partial charge < -0.3 is 4.74 Å². The first-order valence-electron chi connectivity index (χ1n) is 6.63. The topological polar surface area (TPSA) is 43.6 Å². The molecule has 3 aromatic rings. The lowest BCUT2D eigenvalue weighted by molar-refractivity contribution is 0.334. The monoisotopic (exact) mass is 298 g/mol. The number of thiazole rings is 1. The van der Waals surface area contributed by atoms with Crippen LogP contribution in [0.3, 0.4) is 0 Å². The van der Waals surface area contributed by atoms with Crippen LogP contribution in [0, 0.1) is 0 Å². The minimum absolute atomic E-state index is 0.124. The van der Waals surface area contributed by atoms with Crippen LogP contribution in [-0.2, 0) is 0 Å². The van der Waals surface area contributed by atoms with Crippen LogP contribution in [0.4, 0.5) is 0 Å². The minimum Gasteiger partial charge on any atom is -0.488 e. The Morgan fingerprint density at radius 2 is 2.33 bits per heavy atom. The van der Waals surface area contributed by atoms with Gasteiger partial charge in [-0.15, -0.1) is 11.3 Å². The van der Waals surface area contributed by atoms with Crippen LogP contribution >= 0.6 is 11.3 Å². The molecule has 0 aliphatic carbocycles. The smallest absolute Gasteiger partial charge is 0.298 e. The number of fused-ring (bicyclic) bond motifs is 1. The number of hydrogen-bond acceptors (Lipinski definition) is 4. The molecule has 0 bridgehead atoms. The number of nitrogens with zero attached hydrogens (tertiary/aromatic N) is 2. The average molecular weight is 298 g/mol. The standard InChI is InChI=1S/C16H14N2O2S/c1-2-20-15-13(6-5-12-4-3-7-17-11-12)10-14-18(16(15)19)8-9-21-14/h3-11H,2H2,1H3/b6-5+. The molecular formula is C16H14N2O2S. The van der Waals surface area contributed by atoms with E-state index in [9.17, 15) is 4.79 Å².